The van der Waals surface area contributed by atoms with Crippen molar-refractivity contribution in [3.8, 4) is 6.07 Å². The fraction of sp³-hybridized carbons (Fsp3) is 0.583. The van der Waals surface area contributed by atoms with Crippen LogP contribution in [0.2, 0.25) is 0 Å². The van der Waals surface area contributed by atoms with Gasteiger partial charge in [-0.15, -0.1) is 11.3 Å². The summed E-state index contributed by atoms with van der Waals surface area (Å²) in [4.78, 5) is 1.25. The lowest BCUT2D eigenvalue weighted by atomic mass is 10.1. The SMILES string of the molecule is CC1(CNCc2cc(C#N)cs2)CCCS1. The van der Waals surface area contributed by atoms with Gasteiger partial charge in [-0.3, -0.25) is 0 Å². The minimum atomic E-state index is 0.426. The second-order valence-corrected chi connectivity index (χ2v) is 7.10. The maximum atomic E-state index is 8.72. The average molecular weight is 252 g/mol. The number of nitrogens with zero attached hydrogens (tertiary/aromatic N) is 1. The predicted molar refractivity (Wildman–Crippen MR) is 70.8 cm³/mol. The van der Waals surface area contributed by atoms with E-state index in [4.69, 9.17) is 5.26 Å². The maximum absolute atomic E-state index is 8.72. The number of nitriles is 1. The highest BCUT2D eigenvalue weighted by Crippen LogP contribution is 2.37. The van der Waals surface area contributed by atoms with Gasteiger partial charge in [0.15, 0.2) is 0 Å². The second kappa shape index (κ2) is 5.22. The predicted octanol–water partition coefficient (Wildman–Crippen LogP) is 3.00. The molecule has 1 N–H and O–H groups in total. The van der Waals surface area contributed by atoms with Crippen LogP contribution in [0.15, 0.2) is 11.4 Å². The van der Waals surface area contributed by atoms with Crippen LogP contribution in [-0.2, 0) is 6.54 Å². The van der Waals surface area contributed by atoms with Crippen molar-refractivity contribution in [3.05, 3.63) is 21.9 Å². The second-order valence-electron chi connectivity index (χ2n) is 4.42. The molecule has 0 saturated carbocycles. The molecule has 16 heavy (non-hydrogen) atoms. The zero-order valence-electron chi connectivity index (χ0n) is 9.45. The van der Waals surface area contributed by atoms with E-state index in [0.717, 1.165) is 18.7 Å². The summed E-state index contributed by atoms with van der Waals surface area (Å²) >= 11 is 3.74. The van der Waals surface area contributed by atoms with Crippen LogP contribution in [0.4, 0.5) is 0 Å². The molecular weight excluding hydrogens is 236 g/mol. The van der Waals surface area contributed by atoms with Crippen LogP contribution < -0.4 is 5.32 Å². The van der Waals surface area contributed by atoms with Gasteiger partial charge in [-0.25, -0.2) is 0 Å². The van der Waals surface area contributed by atoms with Crippen LogP contribution in [0, 0.1) is 11.3 Å². The van der Waals surface area contributed by atoms with Crippen LogP contribution in [0.1, 0.15) is 30.2 Å². The normalized spacial score (nSPS) is 24.5. The Hall–Kier alpha value is -0.500. The van der Waals surface area contributed by atoms with E-state index in [-0.39, 0.29) is 0 Å². The monoisotopic (exact) mass is 252 g/mol. The molecule has 2 heterocycles. The molecule has 0 radical (unpaired) electrons. The molecule has 0 aliphatic carbocycles. The largest absolute Gasteiger partial charge is 0.310 e. The highest BCUT2D eigenvalue weighted by atomic mass is 32.2. The Balaban J connectivity index is 1.77. The van der Waals surface area contributed by atoms with Crippen LogP contribution in [0.3, 0.4) is 0 Å². The van der Waals surface area contributed by atoms with Gasteiger partial charge in [0.05, 0.1) is 5.56 Å². The lowest BCUT2D eigenvalue weighted by Gasteiger charge is -2.22. The molecule has 1 aromatic heterocycles. The molecule has 1 unspecified atom stereocenters. The first-order valence-corrected chi connectivity index (χ1v) is 7.41. The number of rotatable bonds is 4. The molecule has 0 amide bonds. The molecule has 0 bridgehead atoms. The van der Waals surface area contributed by atoms with Crippen molar-refractivity contribution in [2.75, 3.05) is 12.3 Å². The van der Waals surface area contributed by atoms with Gasteiger partial charge in [-0.05, 0) is 31.6 Å². The van der Waals surface area contributed by atoms with Gasteiger partial charge in [0.2, 0.25) is 0 Å². The highest BCUT2D eigenvalue weighted by molar-refractivity contribution is 8.00. The van der Waals surface area contributed by atoms with E-state index in [1.54, 1.807) is 11.3 Å². The summed E-state index contributed by atoms with van der Waals surface area (Å²) in [6, 6.07) is 4.14. The zero-order chi connectivity index (χ0) is 11.4. The molecule has 1 saturated heterocycles. The smallest absolute Gasteiger partial charge is 0.100 e. The van der Waals surface area contributed by atoms with Gasteiger partial charge >= 0.3 is 0 Å². The first-order valence-electron chi connectivity index (χ1n) is 5.54. The average Bonchev–Trinajstić information content (AvgIpc) is 2.88. The first-order chi connectivity index (χ1) is 7.72. The molecule has 1 aromatic rings. The third-order valence-corrected chi connectivity index (χ3v) is 5.36. The van der Waals surface area contributed by atoms with Crippen molar-refractivity contribution < 1.29 is 0 Å². The van der Waals surface area contributed by atoms with Crippen LogP contribution >= 0.6 is 23.1 Å². The van der Waals surface area contributed by atoms with Crippen LogP contribution in [-0.4, -0.2) is 17.0 Å². The molecule has 2 rings (SSSR count). The third kappa shape index (κ3) is 3.00. The van der Waals surface area contributed by atoms with E-state index in [1.807, 2.05) is 11.4 Å². The quantitative estimate of drug-likeness (QED) is 0.895. The molecule has 1 fully saturated rings. The first kappa shape index (κ1) is 12.0. The number of hydrogen-bond donors (Lipinski definition) is 1. The number of thiophene rings is 1. The summed E-state index contributed by atoms with van der Waals surface area (Å²) in [7, 11) is 0. The molecule has 86 valence electrons. The van der Waals surface area contributed by atoms with Gasteiger partial charge in [-0.1, -0.05) is 0 Å². The fourth-order valence-corrected chi connectivity index (χ4v) is 4.01. The van der Waals surface area contributed by atoms with Crippen molar-refractivity contribution in [2.45, 2.75) is 31.1 Å². The van der Waals surface area contributed by atoms with Gasteiger partial charge < -0.3 is 5.32 Å². The Bertz CT molecular complexity index is 386. The molecule has 1 atom stereocenters. The van der Waals surface area contributed by atoms with E-state index in [0.29, 0.717) is 4.75 Å². The van der Waals surface area contributed by atoms with Crippen molar-refractivity contribution >= 4 is 23.1 Å². The van der Waals surface area contributed by atoms with Gasteiger partial charge in [0, 0.05) is 28.1 Å². The summed E-state index contributed by atoms with van der Waals surface area (Å²) in [5.41, 5.74) is 0.781. The summed E-state index contributed by atoms with van der Waals surface area (Å²) in [5, 5.41) is 14.1. The number of hydrogen-bond acceptors (Lipinski definition) is 4. The Labute approximate surface area is 105 Å². The summed E-state index contributed by atoms with van der Waals surface area (Å²) in [5.74, 6) is 1.30. The highest BCUT2D eigenvalue weighted by Gasteiger charge is 2.28. The summed E-state index contributed by atoms with van der Waals surface area (Å²) < 4.78 is 0.426. The lowest BCUT2D eigenvalue weighted by molar-refractivity contribution is 0.539. The molecule has 0 spiro atoms. The Morgan fingerprint density at radius 1 is 1.62 bits per heavy atom. The Kier molecular flexibility index (Phi) is 3.91. The maximum Gasteiger partial charge on any atom is 0.100 e. The van der Waals surface area contributed by atoms with Crippen LogP contribution in [0.25, 0.3) is 0 Å². The van der Waals surface area contributed by atoms with E-state index >= 15 is 0 Å². The summed E-state index contributed by atoms with van der Waals surface area (Å²) in [6.45, 7) is 4.30. The molecule has 4 heteroatoms. The molecule has 2 nitrogen and oxygen atoms in total. The van der Waals surface area contributed by atoms with Crippen molar-refractivity contribution in [1.29, 1.82) is 5.26 Å². The van der Waals surface area contributed by atoms with E-state index in [2.05, 4.69) is 30.1 Å². The topological polar surface area (TPSA) is 35.8 Å². The Morgan fingerprint density at radius 2 is 2.50 bits per heavy atom. The standard InChI is InChI=1S/C12H16N2S2/c1-12(3-2-4-16-12)9-14-7-11-5-10(6-13)8-15-11/h5,8,14H,2-4,7,9H2,1H3. The van der Waals surface area contributed by atoms with Crippen molar-refractivity contribution in [2.24, 2.45) is 0 Å². The van der Waals surface area contributed by atoms with Gasteiger partial charge in [-0.2, -0.15) is 17.0 Å². The van der Waals surface area contributed by atoms with Crippen LogP contribution in [0.5, 0.6) is 0 Å². The van der Waals surface area contributed by atoms with E-state index in [1.165, 1.54) is 23.5 Å². The molecule has 0 aromatic carbocycles. The minimum Gasteiger partial charge on any atom is -0.310 e. The summed E-state index contributed by atoms with van der Waals surface area (Å²) in [6.07, 6.45) is 2.67. The molecule has 1 aliphatic heterocycles. The van der Waals surface area contributed by atoms with Crippen molar-refractivity contribution in [3.63, 3.8) is 0 Å². The molecule has 1 aliphatic rings. The lowest BCUT2D eigenvalue weighted by Crippen LogP contribution is -2.32. The Morgan fingerprint density at radius 3 is 3.12 bits per heavy atom. The number of nitrogens with one attached hydrogen (secondary N) is 1. The van der Waals surface area contributed by atoms with E-state index in [9.17, 15) is 0 Å². The zero-order valence-corrected chi connectivity index (χ0v) is 11.1. The van der Waals surface area contributed by atoms with E-state index < -0.39 is 0 Å². The van der Waals surface area contributed by atoms with Gasteiger partial charge in [0.25, 0.3) is 0 Å². The third-order valence-electron chi connectivity index (χ3n) is 2.88. The number of thioether (sulfide) groups is 1. The van der Waals surface area contributed by atoms with Gasteiger partial charge in [0.1, 0.15) is 6.07 Å². The fourth-order valence-electron chi connectivity index (χ4n) is 1.96. The minimum absolute atomic E-state index is 0.426. The van der Waals surface area contributed by atoms with Crippen molar-refractivity contribution in [1.82, 2.24) is 5.32 Å². The molecular formula is C12H16N2S2.